The third kappa shape index (κ3) is 3.93. The molecule has 0 aliphatic carbocycles. The molecule has 23 heavy (non-hydrogen) atoms. The van der Waals surface area contributed by atoms with Crippen molar-refractivity contribution in [2.45, 2.75) is 38.6 Å². The van der Waals surface area contributed by atoms with Gasteiger partial charge >= 0.3 is 6.03 Å². The van der Waals surface area contributed by atoms with Crippen LogP contribution >= 0.6 is 0 Å². The molecule has 0 spiro atoms. The zero-order valence-electron chi connectivity index (χ0n) is 13.8. The van der Waals surface area contributed by atoms with E-state index in [9.17, 15) is 4.79 Å². The minimum atomic E-state index is -0.00234. The second-order valence-corrected chi connectivity index (χ2v) is 6.19. The predicted octanol–water partition coefficient (Wildman–Crippen LogP) is 2.71. The minimum absolute atomic E-state index is 0.00234. The summed E-state index contributed by atoms with van der Waals surface area (Å²) in [6, 6.07) is 4.26. The summed E-state index contributed by atoms with van der Waals surface area (Å²) in [7, 11) is 0. The first-order valence-electron chi connectivity index (χ1n) is 8.64. The lowest BCUT2D eigenvalue weighted by Gasteiger charge is -2.35. The first-order chi connectivity index (χ1) is 11.3. The molecule has 2 amide bonds. The second-order valence-electron chi connectivity index (χ2n) is 6.19. The summed E-state index contributed by atoms with van der Waals surface area (Å²) in [5.41, 5.74) is 0.757. The number of hydrogen-bond acceptors (Lipinski definition) is 4. The summed E-state index contributed by atoms with van der Waals surface area (Å²) in [5, 5.41) is 2.99. The molecule has 126 valence electrons. The van der Waals surface area contributed by atoms with Gasteiger partial charge in [0.15, 0.2) is 0 Å². The van der Waals surface area contributed by atoms with Gasteiger partial charge in [0.25, 0.3) is 0 Å². The van der Waals surface area contributed by atoms with Crippen molar-refractivity contribution in [3.05, 3.63) is 18.3 Å². The first-order valence-corrected chi connectivity index (χ1v) is 8.64. The maximum absolute atomic E-state index is 12.5. The Bertz CT molecular complexity index is 514. The van der Waals surface area contributed by atoms with Gasteiger partial charge in [-0.3, -0.25) is 0 Å². The van der Waals surface area contributed by atoms with Crippen molar-refractivity contribution >= 4 is 17.5 Å². The molecule has 1 N–H and O–H groups in total. The summed E-state index contributed by atoms with van der Waals surface area (Å²) in [4.78, 5) is 21.1. The van der Waals surface area contributed by atoms with Crippen molar-refractivity contribution in [3.8, 4) is 0 Å². The number of urea groups is 1. The number of anilines is 2. The van der Waals surface area contributed by atoms with Crippen LogP contribution in [0.4, 0.5) is 16.3 Å². The van der Waals surface area contributed by atoms with Gasteiger partial charge in [-0.15, -0.1) is 0 Å². The van der Waals surface area contributed by atoms with Crippen LogP contribution < -0.4 is 10.2 Å². The van der Waals surface area contributed by atoms with E-state index in [-0.39, 0.29) is 6.03 Å². The van der Waals surface area contributed by atoms with E-state index in [1.165, 1.54) is 6.42 Å². The van der Waals surface area contributed by atoms with Crippen LogP contribution in [0, 0.1) is 0 Å². The highest BCUT2D eigenvalue weighted by Crippen LogP contribution is 2.21. The Balaban J connectivity index is 1.60. The molecular weight excluding hydrogens is 292 g/mol. The Morgan fingerprint density at radius 3 is 2.83 bits per heavy atom. The molecule has 6 heteroatoms. The lowest BCUT2D eigenvalue weighted by molar-refractivity contribution is 0.122. The number of piperidine rings is 1. The fraction of sp³-hybridized carbons (Fsp3) is 0.647. The Morgan fingerprint density at radius 1 is 1.30 bits per heavy atom. The van der Waals surface area contributed by atoms with Gasteiger partial charge in [0.2, 0.25) is 0 Å². The third-order valence-corrected chi connectivity index (χ3v) is 4.69. The molecule has 1 aromatic rings. The average molecular weight is 318 g/mol. The van der Waals surface area contributed by atoms with Crippen LogP contribution in [-0.2, 0) is 4.74 Å². The van der Waals surface area contributed by atoms with Crippen molar-refractivity contribution in [1.29, 1.82) is 0 Å². The molecular formula is C17H26N4O2. The van der Waals surface area contributed by atoms with E-state index in [0.717, 1.165) is 63.6 Å². The number of morpholine rings is 1. The highest BCUT2D eigenvalue weighted by Gasteiger charge is 2.25. The highest BCUT2D eigenvalue weighted by atomic mass is 16.5. The minimum Gasteiger partial charge on any atom is -0.378 e. The highest BCUT2D eigenvalue weighted by molar-refractivity contribution is 5.89. The lowest BCUT2D eigenvalue weighted by atomic mass is 10.0. The van der Waals surface area contributed by atoms with Crippen molar-refractivity contribution in [1.82, 2.24) is 9.88 Å². The number of nitrogens with zero attached hydrogens (tertiary/aromatic N) is 3. The summed E-state index contributed by atoms with van der Waals surface area (Å²) in [5.74, 6) is 0.940. The number of amides is 2. The van der Waals surface area contributed by atoms with Gasteiger partial charge < -0.3 is 19.9 Å². The van der Waals surface area contributed by atoms with Crippen molar-refractivity contribution < 1.29 is 9.53 Å². The van der Waals surface area contributed by atoms with E-state index in [2.05, 4.69) is 22.1 Å². The van der Waals surface area contributed by atoms with Crippen LogP contribution in [-0.4, -0.2) is 54.8 Å². The Morgan fingerprint density at radius 2 is 2.13 bits per heavy atom. The van der Waals surface area contributed by atoms with E-state index in [0.29, 0.717) is 6.04 Å². The number of likely N-dealkylation sites (tertiary alicyclic amines) is 1. The van der Waals surface area contributed by atoms with Crippen LogP contribution in [0.25, 0.3) is 0 Å². The molecule has 2 aliphatic heterocycles. The smallest absolute Gasteiger partial charge is 0.322 e. The van der Waals surface area contributed by atoms with Gasteiger partial charge in [0.1, 0.15) is 5.82 Å². The number of nitrogens with one attached hydrogen (secondary N) is 1. The monoisotopic (exact) mass is 318 g/mol. The van der Waals surface area contributed by atoms with Crippen LogP contribution in [0.5, 0.6) is 0 Å². The lowest BCUT2D eigenvalue weighted by Crippen LogP contribution is -2.45. The second kappa shape index (κ2) is 7.64. The summed E-state index contributed by atoms with van der Waals surface area (Å²) >= 11 is 0. The number of carbonyl (C=O) groups is 1. The molecule has 2 aliphatic rings. The largest absolute Gasteiger partial charge is 0.378 e. The van der Waals surface area contributed by atoms with Gasteiger partial charge in [-0.25, -0.2) is 9.78 Å². The number of ether oxygens (including phenoxy) is 1. The zero-order chi connectivity index (χ0) is 16.1. The number of hydrogen-bond donors (Lipinski definition) is 1. The van der Waals surface area contributed by atoms with Crippen molar-refractivity contribution in [3.63, 3.8) is 0 Å². The summed E-state index contributed by atoms with van der Waals surface area (Å²) < 4.78 is 5.35. The first kappa shape index (κ1) is 16.1. The zero-order valence-corrected chi connectivity index (χ0v) is 13.8. The molecule has 0 unspecified atom stereocenters. The standard InChI is InChI=1S/C17H26N4O2/c1-2-15-5-3-4-8-21(15)17(22)19-14-6-7-16(18-13-14)20-9-11-23-12-10-20/h6-7,13,15H,2-5,8-12H2,1H3,(H,19,22)/t15-/m1/s1. The van der Waals surface area contributed by atoms with Gasteiger partial charge in [-0.05, 0) is 37.8 Å². The fourth-order valence-corrected chi connectivity index (χ4v) is 3.33. The molecule has 3 rings (SSSR count). The van der Waals surface area contributed by atoms with Gasteiger partial charge in [0, 0.05) is 25.7 Å². The Hall–Kier alpha value is -1.82. The molecule has 1 atom stereocenters. The topological polar surface area (TPSA) is 57.7 Å². The molecule has 0 saturated carbocycles. The van der Waals surface area contributed by atoms with Crippen LogP contribution in [0.2, 0.25) is 0 Å². The molecule has 2 fully saturated rings. The SMILES string of the molecule is CC[C@@H]1CCCCN1C(=O)Nc1ccc(N2CCOCC2)nc1. The van der Waals surface area contributed by atoms with E-state index >= 15 is 0 Å². The van der Waals surface area contributed by atoms with Crippen LogP contribution in [0.15, 0.2) is 18.3 Å². The molecule has 0 radical (unpaired) electrons. The van der Waals surface area contributed by atoms with Gasteiger partial charge in [0.05, 0.1) is 25.1 Å². The van der Waals surface area contributed by atoms with Crippen molar-refractivity contribution in [2.24, 2.45) is 0 Å². The van der Waals surface area contributed by atoms with E-state index in [1.54, 1.807) is 6.20 Å². The number of rotatable bonds is 3. The predicted molar refractivity (Wildman–Crippen MR) is 90.9 cm³/mol. The molecule has 0 bridgehead atoms. The summed E-state index contributed by atoms with van der Waals surface area (Å²) in [6.07, 6.45) is 6.18. The molecule has 6 nitrogen and oxygen atoms in total. The molecule has 0 aromatic carbocycles. The van der Waals surface area contributed by atoms with Crippen LogP contribution in [0.1, 0.15) is 32.6 Å². The summed E-state index contributed by atoms with van der Waals surface area (Å²) in [6.45, 7) is 6.22. The van der Waals surface area contributed by atoms with Gasteiger partial charge in [-0.2, -0.15) is 0 Å². The molecule has 2 saturated heterocycles. The van der Waals surface area contributed by atoms with E-state index < -0.39 is 0 Å². The average Bonchev–Trinajstić information content (AvgIpc) is 2.63. The Labute approximate surface area is 137 Å². The van der Waals surface area contributed by atoms with Crippen molar-refractivity contribution in [2.75, 3.05) is 43.1 Å². The normalized spacial score (nSPS) is 22.0. The van der Waals surface area contributed by atoms with Crippen LogP contribution in [0.3, 0.4) is 0 Å². The van der Waals surface area contributed by atoms with Gasteiger partial charge in [-0.1, -0.05) is 6.92 Å². The number of aromatic nitrogens is 1. The number of carbonyl (C=O) groups excluding carboxylic acids is 1. The quantitative estimate of drug-likeness (QED) is 0.931. The number of pyridine rings is 1. The van der Waals surface area contributed by atoms with E-state index in [4.69, 9.17) is 4.74 Å². The Kier molecular flexibility index (Phi) is 5.33. The maximum Gasteiger partial charge on any atom is 0.322 e. The third-order valence-electron chi connectivity index (χ3n) is 4.69. The fourth-order valence-electron chi connectivity index (χ4n) is 3.33. The molecule has 1 aromatic heterocycles. The molecule has 3 heterocycles. The maximum atomic E-state index is 12.5. The van der Waals surface area contributed by atoms with E-state index in [1.807, 2.05) is 17.0 Å².